The number of nitrogens with zero attached hydrogens (tertiary/aromatic N) is 2. The summed E-state index contributed by atoms with van der Waals surface area (Å²) in [4.78, 5) is 6.70. The maximum Gasteiger partial charge on any atom is 0.226 e. The third-order valence-corrected chi connectivity index (χ3v) is 3.48. The summed E-state index contributed by atoms with van der Waals surface area (Å²) >= 11 is 0. The van der Waals surface area contributed by atoms with Crippen LogP contribution in [0.25, 0.3) is 11.5 Å². The molecule has 4 nitrogen and oxygen atoms in total. The van der Waals surface area contributed by atoms with Crippen molar-refractivity contribution in [3.63, 3.8) is 0 Å². The van der Waals surface area contributed by atoms with Crippen LogP contribution in [-0.4, -0.2) is 34.2 Å². The molecule has 2 aromatic rings. The molecule has 19 heavy (non-hydrogen) atoms. The van der Waals surface area contributed by atoms with Gasteiger partial charge in [-0.25, -0.2) is 4.98 Å². The quantitative estimate of drug-likeness (QED) is 0.917. The highest BCUT2D eigenvalue weighted by atomic mass is 16.3. The zero-order valence-corrected chi connectivity index (χ0v) is 11.0. The van der Waals surface area contributed by atoms with Crippen LogP contribution >= 0.6 is 0 Å². The van der Waals surface area contributed by atoms with E-state index >= 15 is 0 Å². The van der Waals surface area contributed by atoms with Crippen LogP contribution < -0.4 is 0 Å². The number of aromatic nitrogens is 1. The van der Waals surface area contributed by atoms with E-state index in [1.54, 1.807) is 6.26 Å². The van der Waals surface area contributed by atoms with Crippen molar-refractivity contribution in [2.75, 3.05) is 13.1 Å². The molecule has 1 N–H and O–H groups in total. The Bertz CT molecular complexity index is 548. The fourth-order valence-electron chi connectivity index (χ4n) is 2.39. The van der Waals surface area contributed by atoms with Gasteiger partial charge < -0.3 is 9.52 Å². The fraction of sp³-hybridized carbons (Fsp3) is 0.400. The summed E-state index contributed by atoms with van der Waals surface area (Å²) in [6.07, 6.45) is 2.37. The number of hydrogen-bond donors (Lipinski definition) is 1. The van der Waals surface area contributed by atoms with Gasteiger partial charge in [0, 0.05) is 25.2 Å². The minimum Gasteiger partial charge on any atom is -0.444 e. The predicted octanol–water partition coefficient (Wildman–Crippen LogP) is 2.22. The van der Waals surface area contributed by atoms with Crippen molar-refractivity contribution in [1.29, 1.82) is 0 Å². The van der Waals surface area contributed by atoms with Crippen LogP contribution in [0.4, 0.5) is 0 Å². The van der Waals surface area contributed by atoms with Crippen molar-refractivity contribution in [1.82, 2.24) is 9.88 Å². The summed E-state index contributed by atoms with van der Waals surface area (Å²) < 4.78 is 5.53. The summed E-state index contributed by atoms with van der Waals surface area (Å²) in [5.41, 5.74) is 3.14. The number of aliphatic hydroxyl groups is 1. The van der Waals surface area contributed by atoms with E-state index in [0.29, 0.717) is 5.89 Å². The molecule has 1 fully saturated rings. The van der Waals surface area contributed by atoms with E-state index in [2.05, 4.69) is 28.9 Å². The van der Waals surface area contributed by atoms with Crippen LogP contribution in [0.15, 0.2) is 34.9 Å². The lowest BCUT2D eigenvalue weighted by atomic mass is 10.1. The van der Waals surface area contributed by atoms with Crippen molar-refractivity contribution in [3.05, 3.63) is 41.8 Å². The van der Waals surface area contributed by atoms with Crippen molar-refractivity contribution >= 4 is 0 Å². The molecule has 1 saturated heterocycles. The van der Waals surface area contributed by atoms with Crippen molar-refractivity contribution in [2.45, 2.75) is 26.0 Å². The maximum atomic E-state index is 9.50. The first kappa shape index (κ1) is 12.4. The highest BCUT2D eigenvalue weighted by molar-refractivity contribution is 5.53. The van der Waals surface area contributed by atoms with Crippen LogP contribution in [0.3, 0.4) is 0 Å². The lowest BCUT2D eigenvalue weighted by Gasteiger charge is -2.11. The van der Waals surface area contributed by atoms with E-state index in [-0.39, 0.29) is 6.10 Å². The molecule has 0 radical (unpaired) electrons. The molecule has 0 aliphatic carbocycles. The Balaban J connectivity index is 1.71. The second-order valence-electron chi connectivity index (χ2n) is 5.19. The van der Waals surface area contributed by atoms with Gasteiger partial charge in [-0.2, -0.15) is 0 Å². The molecule has 3 rings (SSSR count). The summed E-state index contributed by atoms with van der Waals surface area (Å²) in [5.74, 6) is 0.662. The molecular formula is C15H18N2O2. The van der Waals surface area contributed by atoms with Gasteiger partial charge in [0.2, 0.25) is 5.89 Å². The van der Waals surface area contributed by atoms with Gasteiger partial charge in [-0.1, -0.05) is 17.7 Å². The average molecular weight is 258 g/mol. The Labute approximate surface area is 112 Å². The molecule has 0 unspecified atom stereocenters. The molecule has 0 bridgehead atoms. The van der Waals surface area contributed by atoms with E-state index in [0.717, 1.165) is 37.3 Å². The number of β-amino-alcohol motifs (C(OH)–C–C–N with tert-alkyl or cyclic N) is 1. The van der Waals surface area contributed by atoms with Crippen LogP contribution in [0, 0.1) is 6.92 Å². The van der Waals surface area contributed by atoms with Gasteiger partial charge in [0.15, 0.2) is 0 Å². The van der Waals surface area contributed by atoms with Gasteiger partial charge in [-0.3, -0.25) is 4.90 Å². The Hall–Kier alpha value is -1.65. The topological polar surface area (TPSA) is 49.5 Å². The highest BCUT2D eigenvalue weighted by Crippen LogP contribution is 2.20. The lowest BCUT2D eigenvalue weighted by Crippen LogP contribution is -2.21. The third kappa shape index (κ3) is 2.85. The number of aryl methyl sites for hydroxylation is 1. The van der Waals surface area contributed by atoms with Gasteiger partial charge in [0.05, 0.1) is 11.8 Å². The van der Waals surface area contributed by atoms with Gasteiger partial charge >= 0.3 is 0 Å². The van der Waals surface area contributed by atoms with Crippen molar-refractivity contribution in [2.24, 2.45) is 0 Å². The third-order valence-electron chi connectivity index (χ3n) is 3.48. The molecule has 4 heteroatoms. The summed E-state index contributed by atoms with van der Waals surface area (Å²) in [5, 5.41) is 9.50. The van der Waals surface area contributed by atoms with Gasteiger partial charge in [-0.05, 0) is 25.5 Å². The Morgan fingerprint density at radius 1 is 1.37 bits per heavy atom. The first-order valence-corrected chi connectivity index (χ1v) is 6.62. The molecule has 1 aromatic carbocycles. The first-order chi connectivity index (χ1) is 9.20. The van der Waals surface area contributed by atoms with E-state index < -0.39 is 0 Å². The molecule has 1 aromatic heterocycles. The zero-order chi connectivity index (χ0) is 13.2. The number of aliphatic hydroxyl groups excluding tert-OH is 1. The predicted molar refractivity (Wildman–Crippen MR) is 72.6 cm³/mol. The van der Waals surface area contributed by atoms with Gasteiger partial charge in [0.1, 0.15) is 6.26 Å². The zero-order valence-electron chi connectivity index (χ0n) is 11.0. The molecule has 1 aliphatic rings. The number of likely N-dealkylation sites (tertiary alicyclic amines) is 1. The monoisotopic (exact) mass is 258 g/mol. The lowest BCUT2D eigenvalue weighted by molar-refractivity contribution is 0.174. The molecule has 0 spiro atoms. The second kappa shape index (κ2) is 5.15. The highest BCUT2D eigenvalue weighted by Gasteiger charge is 2.21. The molecule has 0 saturated carbocycles. The van der Waals surface area contributed by atoms with Crippen molar-refractivity contribution < 1.29 is 9.52 Å². The van der Waals surface area contributed by atoms with Crippen LogP contribution in [0.2, 0.25) is 0 Å². The normalized spacial score (nSPS) is 20.0. The van der Waals surface area contributed by atoms with Gasteiger partial charge in [-0.15, -0.1) is 0 Å². The van der Waals surface area contributed by atoms with E-state index in [9.17, 15) is 5.11 Å². The minimum absolute atomic E-state index is 0.191. The van der Waals surface area contributed by atoms with E-state index in [1.807, 2.05) is 12.1 Å². The second-order valence-corrected chi connectivity index (χ2v) is 5.19. The van der Waals surface area contributed by atoms with Crippen LogP contribution in [-0.2, 0) is 6.54 Å². The van der Waals surface area contributed by atoms with Crippen LogP contribution in [0.1, 0.15) is 17.7 Å². The number of benzene rings is 1. The standard InChI is InChI=1S/C15H18N2O2/c1-11-2-4-12(5-3-11)15-16-13(10-19-15)8-17-7-6-14(18)9-17/h2-5,10,14,18H,6-9H2,1H3/t14-/m1/s1. The molecule has 1 aliphatic heterocycles. The summed E-state index contributed by atoms with van der Waals surface area (Å²) in [7, 11) is 0. The molecule has 100 valence electrons. The molecule has 0 amide bonds. The van der Waals surface area contributed by atoms with Crippen LogP contribution in [0.5, 0.6) is 0 Å². The Morgan fingerprint density at radius 2 is 2.16 bits per heavy atom. The number of oxazole rings is 1. The van der Waals surface area contributed by atoms with E-state index in [1.165, 1.54) is 5.56 Å². The number of hydrogen-bond acceptors (Lipinski definition) is 4. The van der Waals surface area contributed by atoms with E-state index in [4.69, 9.17) is 4.42 Å². The molecular weight excluding hydrogens is 240 g/mol. The van der Waals surface area contributed by atoms with Gasteiger partial charge in [0.25, 0.3) is 0 Å². The Kier molecular flexibility index (Phi) is 3.36. The maximum absolute atomic E-state index is 9.50. The molecule has 2 heterocycles. The average Bonchev–Trinajstić information content (AvgIpc) is 3.00. The summed E-state index contributed by atoms with van der Waals surface area (Å²) in [6, 6.07) is 8.14. The Morgan fingerprint density at radius 3 is 2.84 bits per heavy atom. The largest absolute Gasteiger partial charge is 0.444 e. The smallest absolute Gasteiger partial charge is 0.226 e. The molecule has 1 atom stereocenters. The fourth-order valence-corrected chi connectivity index (χ4v) is 2.39. The van der Waals surface area contributed by atoms with Crippen molar-refractivity contribution in [3.8, 4) is 11.5 Å². The number of rotatable bonds is 3. The summed E-state index contributed by atoms with van der Waals surface area (Å²) in [6.45, 7) is 4.45. The minimum atomic E-state index is -0.191. The first-order valence-electron chi connectivity index (χ1n) is 6.62. The SMILES string of the molecule is Cc1ccc(-c2nc(CN3CC[C@@H](O)C3)co2)cc1.